The lowest BCUT2D eigenvalue weighted by Crippen LogP contribution is -1.98. The van der Waals surface area contributed by atoms with E-state index in [1.165, 1.54) is 12.1 Å². The number of halogens is 3. The maximum absolute atomic E-state index is 14.3. The standard InChI is InChI=1S/C27H15Cl2FN2O2/c28-19-2-4-23(26(29)10-19)18-8-20(30)11-22(9-18)34-14-16-1-3-24-25(17-5-6-33-15-17)12-21(13-31)32-27(24)7-16/h1-12,15H,14H2. The minimum absolute atomic E-state index is 0.187. The minimum Gasteiger partial charge on any atom is -0.489 e. The molecule has 5 rings (SSSR count). The zero-order valence-electron chi connectivity index (χ0n) is 17.6. The van der Waals surface area contributed by atoms with Crippen LogP contribution in [0.5, 0.6) is 5.75 Å². The van der Waals surface area contributed by atoms with Crippen molar-refractivity contribution < 1.29 is 13.5 Å². The minimum atomic E-state index is -0.442. The van der Waals surface area contributed by atoms with E-state index in [1.807, 2.05) is 24.3 Å². The highest BCUT2D eigenvalue weighted by Gasteiger charge is 2.12. The molecule has 0 saturated heterocycles. The monoisotopic (exact) mass is 488 g/mol. The van der Waals surface area contributed by atoms with Gasteiger partial charge in [0.1, 0.15) is 29.9 Å². The summed E-state index contributed by atoms with van der Waals surface area (Å²) in [7, 11) is 0. The van der Waals surface area contributed by atoms with Gasteiger partial charge >= 0.3 is 0 Å². The van der Waals surface area contributed by atoms with Crippen molar-refractivity contribution >= 4 is 34.1 Å². The molecular formula is C27H15Cl2FN2O2. The summed E-state index contributed by atoms with van der Waals surface area (Å²) in [6.07, 6.45) is 3.21. The number of pyridine rings is 1. The molecule has 0 aliphatic rings. The van der Waals surface area contributed by atoms with Gasteiger partial charge in [0, 0.05) is 32.6 Å². The number of aromatic nitrogens is 1. The summed E-state index contributed by atoms with van der Waals surface area (Å²) >= 11 is 12.3. The van der Waals surface area contributed by atoms with Crippen LogP contribution in [0, 0.1) is 17.1 Å². The van der Waals surface area contributed by atoms with Gasteiger partial charge in [-0.1, -0.05) is 41.4 Å². The van der Waals surface area contributed by atoms with Crippen LogP contribution in [0.4, 0.5) is 4.39 Å². The summed E-state index contributed by atoms with van der Waals surface area (Å²) in [4.78, 5) is 4.43. The maximum atomic E-state index is 14.3. The van der Waals surface area contributed by atoms with Gasteiger partial charge in [-0.15, -0.1) is 0 Å². The van der Waals surface area contributed by atoms with E-state index in [-0.39, 0.29) is 6.61 Å². The fourth-order valence-electron chi connectivity index (χ4n) is 3.77. The van der Waals surface area contributed by atoms with Crippen LogP contribution in [0.25, 0.3) is 33.2 Å². The number of furan rings is 1. The van der Waals surface area contributed by atoms with E-state index in [0.717, 1.165) is 22.1 Å². The Morgan fingerprint density at radius 1 is 0.941 bits per heavy atom. The van der Waals surface area contributed by atoms with E-state index in [4.69, 9.17) is 32.4 Å². The Hall–Kier alpha value is -3.85. The number of nitriles is 1. The number of fused-ring (bicyclic) bond motifs is 1. The van der Waals surface area contributed by atoms with Crippen LogP contribution < -0.4 is 4.74 Å². The second-order valence-electron chi connectivity index (χ2n) is 7.62. The molecule has 0 amide bonds. The molecule has 0 fully saturated rings. The third kappa shape index (κ3) is 4.47. The molecule has 7 heteroatoms. The molecule has 0 aliphatic heterocycles. The zero-order valence-corrected chi connectivity index (χ0v) is 19.1. The van der Waals surface area contributed by atoms with Crippen LogP contribution in [-0.2, 0) is 6.61 Å². The fourth-order valence-corrected chi connectivity index (χ4v) is 4.29. The second kappa shape index (κ2) is 9.18. The average molecular weight is 489 g/mol. The van der Waals surface area contributed by atoms with Crippen molar-refractivity contribution in [1.82, 2.24) is 4.98 Å². The molecule has 2 aromatic heterocycles. The van der Waals surface area contributed by atoms with Crippen molar-refractivity contribution in [3.05, 3.63) is 106 Å². The van der Waals surface area contributed by atoms with Crippen LogP contribution in [0.1, 0.15) is 11.3 Å². The number of hydrogen-bond donors (Lipinski definition) is 0. The Morgan fingerprint density at radius 3 is 2.59 bits per heavy atom. The summed E-state index contributed by atoms with van der Waals surface area (Å²) in [6.45, 7) is 0.187. The zero-order chi connectivity index (χ0) is 23.7. The quantitative estimate of drug-likeness (QED) is 0.251. The van der Waals surface area contributed by atoms with E-state index < -0.39 is 5.82 Å². The lowest BCUT2D eigenvalue weighted by Gasteiger charge is -2.11. The number of hydrogen-bond acceptors (Lipinski definition) is 4. The van der Waals surface area contributed by atoms with Gasteiger partial charge in [0.25, 0.3) is 0 Å². The molecule has 34 heavy (non-hydrogen) atoms. The maximum Gasteiger partial charge on any atom is 0.141 e. The van der Waals surface area contributed by atoms with Gasteiger partial charge in [0.2, 0.25) is 0 Å². The predicted octanol–water partition coefficient (Wildman–Crippen LogP) is 8.06. The molecule has 2 heterocycles. The summed E-state index contributed by atoms with van der Waals surface area (Å²) in [5, 5.41) is 11.2. The highest BCUT2D eigenvalue weighted by atomic mass is 35.5. The molecule has 0 aliphatic carbocycles. The van der Waals surface area contributed by atoms with Crippen LogP contribution in [0.2, 0.25) is 10.0 Å². The first kappa shape index (κ1) is 22.0. The largest absolute Gasteiger partial charge is 0.489 e. The molecule has 0 N–H and O–H groups in total. The van der Waals surface area contributed by atoms with E-state index in [0.29, 0.717) is 38.1 Å². The van der Waals surface area contributed by atoms with Crippen molar-refractivity contribution in [2.45, 2.75) is 6.61 Å². The highest BCUT2D eigenvalue weighted by Crippen LogP contribution is 2.34. The van der Waals surface area contributed by atoms with E-state index in [9.17, 15) is 9.65 Å². The lowest BCUT2D eigenvalue weighted by molar-refractivity contribution is 0.305. The Morgan fingerprint density at radius 2 is 1.82 bits per heavy atom. The molecule has 0 atom stereocenters. The van der Waals surface area contributed by atoms with Crippen molar-refractivity contribution in [2.75, 3.05) is 0 Å². The first-order valence-corrected chi connectivity index (χ1v) is 11.0. The number of rotatable bonds is 5. The van der Waals surface area contributed by atoms with Crippen LogP contribution >= 0.6 is 23.2 Å². The summed E-state index contributed by atoms with van der Waals surface area (Å²) in [5.41, 5.74) is 4.74. The van der Waals surface area contributed by atoms with Gasteiger partial charge in [-0.3, -0.25) is 0 Å². The Bertz CT molecular complexity index is 1560. The normalized spacial score (nSPS) is 10.9. The van der Waals surface area contributed by atoms with Crippen molar-refractivity contribution in [3.63, 3.8) is 0 Å². The molecule has 0 spiro atoms. The van der Waals surface area contributed by atoms with Crippen molar-refractivity contribution in [2.24, 2.45) is 0 Å². The van der Waals surface area contributed by atoms with Crippen LogP contribution in [0.15, 0.2) is 83.7 Å². The Labute approximate surface area is 204 Å². The van der Waals surface area contributed by atoms with E-state index in [2.05, 4.69) is 11.1 Å². The van der Waals surface area contributed by atoms with Gasteiger partial charge in [-0.05, 0) is 59.2 Å². The number of ether oxygens (including phenoxy) is 1. The SMILES string of the molecule is N#Cc1cc(-c2ccoc2)c2ccc(COc3cc(F)cc(-c4ccc(Cl)cc4Cl)c3)cc2n1. The first-order chi connectivity index (χ1) is 16.5. The first-order valence-electron chi connectivity index (χ1n) is 10.3. The molecule has 4 nitrogen and oxygen atoms in total. The molecule has 0 bridgehead atoms. The molecule has 166 valence electrons. The Kier molecular flexibility index (Phi) is 5.93. The Balaban J connectivity index is 1.44. The topological polar surface area (TPSA) is 59.0 Å². The molecular weight excluding hydrogens is 474 g/mol. The molecule has 0 unspecified atom stereocenters. The van der Waals surface area contributed by atoms with Gasteiger partial charge < -0.3 is 9.15 Å². The second-order valence-corrected chi connectivity index (χ2v) is 8.46. The van der Waals surface area contributed by atoms with Gasteiger partial charge in [0.05, 0.1) is 18.0 Å². The van der Waals surface area contributed by atoms with E-state index in [1.54, 1.807) is 42.9 Å². The average Bonchev–Trinajstić information content (AvgIpc) is 3.36. The molecule has 5 aromatic rings. The van der Waals surface area contributed by atoms with Gasteiger partial charge in [0.15, 0.2) is 0 Å². The van der Waals surface area contributed by atoms with Crippen LogP contribution in [-0.4, -0.2) is 4.98 Å². The summed E-state index contributed by atoms with van der Waals surface area (Å²) in [6, 6.07) is 20.8. The van der Waals surface area contributed by atoms with Gasteiger partial charge in [-0.25, -0.2) is 9.37 Å². The highest BCUT2D eigenvalue weighted by molar-refractivity contribution is 6.36. The summed E-state index contributed by atoms with van der Waals surface area (Å²) in [5.74, 6) is -0.0824. The smallest absolute Gasteiger partial charge is 0.141 e. The number of nitrogens with zero attached hydrogens (tertiary/aromatic N) is 2. The molecule has 0 saturated carbocycles. The third-order valence-corrected chi connectivity index (χ3v) is 5.89. The summed E-state index contributed by atoms with van der Waals surface area (Å²) < 4.78 is 25.4. The third-order valence-electron chi connectivity index (χ3n) is 5.34. The van der Waals surface area contributed by atoms with E-state index >= 15 is 0 Å². The number of benzene rings is 3. The fraction of sp³-hybridized carbons (Fsp3) is 0.0370. The van der Waals surface area contributed by atoms with Crippen molar-refractivity contribution in [1.29, 1.82) is 5.26 Å². The van der Waals surface area contributed by atoms with Crippen molar-refractivity contribution in [3.8, 4) is 34.1 Å². The molecule has 3 aromatic carbocycles. The van der Waals surface area contributed by atoms with Crippen LogP contribution in [0.3, 0.4) is 0 Å². The lowest BCUT2D eigenvalue weighted by atomic mass is 10.0. The predicted molar refractivity (Wildman–Crippen MR) is 130 cm³/mol. The van der Waals surface area contributed by atoms with Gasteiger partial charge in [-0.2, -0.15) is 5.26 Å². The molecule has 0 radical (unpaired) electrons.